The number of benzene rings is 1. The van der Waals surface area contributed by atoms with E-state index in [0.717, 1.165) is 11.4 Å². The normalized spacial score (nSPS) is 11.2. The smallest absolute Gasteiger partial charge is 0.361 e. The van der Waals surface area contributed by atoms with Crippen molar-refractivity contribution < 1.29 is 14.3 Å². The summed E-state index contributed by atoms with van der Waals surface area (Å²) >= 11 is 0. The molecule has 0 atom stereocenters. The third-order valence-corrected chi connectivity index (χ3v) is 2.44. The molecule has 0 aliphatic rings. The number of hydrogen-bond acceptors (Lipinski definition) is 5. The van der Waals surface area contributed by atoms with Crippen molar-refractivity contribution in [1.29, 1.82) is 0 Å². The maximum absolute atomic E-state index is 11.8. The predicted octanol–water partition coefficient (Wildman–Crippen LogP) is 2.23. The van der Waals surface area contributed by atoms with E-state index in [1.54, 1.807) is 27.9 Å². The van der Waals surface area contributed by atoms with Crippen LogP contribution in [0.25, 0.3) is 5.69 Å². The first-order valence-corrected chi connectivity index (χ1v) is 6.19. The molecule has 0 unspecified atom stereocenters. The van der Waals surface area contributed by atoms with Crippen molar-refractivity contribution in [2.75, 3.05) is 7.11 Å². The molecule has 1 aromatic carbocycles. The molecule has 1 aromatic heterocycles. The second-order valence-electron chi connectivity index (χ2n) is 5.25. The average molecular weight is 275 g/mol. The number of aromatic nitrogens is 3. The minimum Gasteiger partial charge on any atom is -0.497 e. The maximum atomic E-state index is 11.8. The molecule has 6 heteroatoms. The van der Waals surface area contributed by atoms with E-state index in [1.807, 2.05) is 24.3 Å². The third-order valence-electron chi connectivity index (χ3n) is 2.44. The lowest BCUT2D eigenvalue weighted by molar-refractivity contribution is 0.00627. The summed E-state index contributed by atoms with van der Waals surface area (Å²) in [4.78, 5) is 11.8. The summed E-state index contributed by atoms with van der Waals surface area (Å²) in [7, 11) is 1.60. The Labute approximate surface area is 117 Å². The fourth-order valence-electron chi connectivity index (χ4n) is 1.55. The minimum absolute atomic E-state index is 0.177. The topological polar surface area (TPSA) is 66.2 Å². The van der Waals surface area contributed by atoms with Crippen molar-refractivity contribution in [1.82, 2.24) is 15.0 Å². The quantitative estimate of drug-likeness (QED) is 0.804. The lowest BCUT2D eigenvalue weighted by Crippen LogP contribution is -2.24. The molecule has 0 radical (unpaired) electrons. The molecule has 20 heavy (non-hydrogen) atoms. The molecule has 0 aliphatic carbocycles. The zero-order valence-corrected chi connectivity index (χ0v) is 12.0. The zero-order valence-electron chi connectivity index (χ0n) is 12.0. The monoisotopic (exact) mass is 275 g/mol. The van der Waals surface area contributed by atoms with Gasteiger partial charge >= 0.3 is 5.97 Å². The Balaban J connectivity index is 2.17. The molecular weight excluding hydrogens is 258 g/mol. The van der Waals surface area contributed by atoms with Crippen LogP contribution < -0.4 is 4.74 Å². The van der Waals surface area contributed by atoms with Gasteiger partial charge in [-0.05, 0) is 45.0 Å². The van der Waals surface area contributed by atoms with Gasteiger partial charge in [-0.25, -0.2) is 9.48 Å². The van der Waals surface area contributed by atoms with E-state index < -0.39 is 11.6 Å². The largest absolute Gasteiger partial charge is 0.497 e. The van der Waals surface area contributed by atoms with Gasteiger partial charge in [0.05, 0.1) is 19.0 Å². The zero-order chi connectivity index (χ0) is 14.8. The number of esters is 1. The van der Waals surface area contributed by atoms with Gasteiger partial charge < -0.3 is 9.47 Å². The van der Waals surface area contributed by atoms with Gasteiger partial charge in [0, 0.05) is 0 Å². The highest BCUT2D eigenvalue weighted by atomic mass is 16.6. The first kappa shape index (κ1) is 14.0. The standard InChI is InChI=1S/C14H17N3O3/c1-14(2,3)20-13(18)12-9-17(16-15-12)10-5-7-11(19-4)8-6-10/h5-9H,1-4H3. The van der Waals surface area contributed by atoms with Crippen molar-refractivity contribution in [3.05, 3.63) is 36.2 Å². The number of ether oxygens (including phenoxy) is 2. The Morgan fingerprint density at radius 1 is 1.20 bits per heavy atom. The van der Waals surface area contributed by atoms with Crippen LogP contribution in [0.3, 0.4) is 0 Å². The summed E-state index contributed by atoms with van der Waals surface area (Å²) in [5.41, 5.74) is 0.407. The first-order valence-electron chi connectivity index (χ1n) is 6.19. The highest BCUT2D eigenvalue weighted by Gasteiger charge is 2.20. The van der Waals surface area contributed by atoms with Crippen LogP contribution in [-0.2, 0) is 4.74 Å². The molecule has 1 heterocycles. The predicted molar refractivity (Wildman–Crippen MR) is 73.1 cm³/mol. The lowest BCUT2D eigenvalue weighted by atomic mass is 10.2. The Morgan fingerprint density at radius 3 is 2.40 bits per heavy atom. The summed E-state index contributed by atoms with van der Waals surface area (Å²) in [5, 5.41) is 7.74. The summed E-state index contributed by atoms with van der Waals surface area (Å²) in [6, 6.07) is 7.27. The van der Waals surface area contributed by atoms with Gasteiger partial charge in [-0.2, -0.15) is 0 Å². The molecular formula is C14H17N3O3. The number of methoxy groups -OCH3 is 1. The molecule has 2 rings (SSSR count). The van der Waals surface area contributed by atoms with Gasteiger partial charge in [0.25, 0.3) is 0 Å². The summed E-state index contributed by atoms with van der Waals surface area (Å²) in [5.74, 6) is 0.262. The van der Waals surface area contributed by atoms with E-state index in [9.17, 15) is 4.79 Å². The number of hydrogen-bond donors (Lipinski definition) is 0. The van der Waals surface area contributed by atoms with Crippen LogP contribution in [-0.4, -0.2) is 33.7 Å². The highest BCUT2D eigenvalue weighted by molar-refractivity contribution is 5.87. The number of carbonyl (C=O) groups is 1. The second-order valence-corrected chi connectivity index (χ2v) is 5.25. The number of rotatable bonds is 3. The lowest BCUT2D eigenvalue weighted by Gasteiger charge is -2.18. The molecule has 6 nitrogen and oxygen atoms in total. The van der Waals surface area contributed by atoms with Gasteiger partial charge in [0.2, 0.25) is 0 Å². The SMILES string of the molecule is COc1ccc(-n2cc(C(=O)OC(C)(C)C)nn2)cc1. The van der Waals surface area contributed by atoms with Crippen LogP contribution in [0, 0.1) is 0 Å². The number of carbonyl (C=O) groups excluding carboxylic acids is 1. The van der Waals surface area contributed by atoms with E-state index >= 15 is 0 Å². The Hall–Kier alpha value is -2.37. The molecule has 0 saturated heterocycles. The van der Waals surface area contributed by atoms with Crippen LogP contribution in [0.15, 0.2) is 30.5 Å². The molecule has 0 bridgehead atoms. The Morgan fingerprint density at radius 2 is 1.85 bits per heavy atom. The first-order chi connectivity index (χ1) is 9.39. The number of nitrogens with zero attached hydrogens (tertiary/aromatic N) is 3. The fourth-order valence-corrected chi connectivity index (χ4v) is 1.55. The molecule has 0 amide bonds. The van der Waals surface area contributed by atoms with Crippen LogP contribution in [0.2, 0.25) is 0 Å². The average Bonchev–Trinajstić information content (AvgIpc) is 2.86. The maximum Gasteiger partial charge on any atom is 0.361 e. The van der Waals surface area contributed by atoms with Gasteiger partial charge in [0.1, 0.15) is 11.4 Å². The summed E-state index contributed by atoms with van der Waals surface area (Å²) < 4.78 is 11.8. The van der Waals surface area contributed by atoms with E-state index in [-0.39, 0.29) is 5.69 Å². The third kappa shape index (κ3) is 3.34. The molecule has 0 fully saturated rings. The van der Waals surface area contributed by atoms with Crippen molar-refractivity contribution in [2.45, 2.75) is 26.4 Å². The Kier molecular flexibility index (Phi) is 3.74. The van der Waals surface area contributed by atoms with E-state index in [4.69, 9.17) is 9.47 Å². The van der Waals surface area contributed by atoms with Crippen molar-refractivity contribution in [2.24, 2.45) is 0 Å². The summed E-state index contributed by atoms with van der Waals surface area (Å²) in [6.45, 7) is 5.41. The molecule has 106 valence electrons. The van der Waals surface area contributed by atoms with Crippen LogP contribution in [0.1, 0.15) is 31.3 Å². The van der Waals surface area contributed by atoms with Crippen molar-refractivity contribution in [3.8, 4) is 11.4 Å². The summed E-state index contributed by atoms with van der Waals surface area (Å²) in [6.07, 6.45) is 1.54. The van der Waals surface area contributed by atoms with Crippen LogP contribution >= 0.6 is 0 Å². The Bertz CT molecular complexity index is 597. The molecule has 2 aromatic rings. The van der Waals surface area contributed by atoms with Crippen molar-refractivity contribution >= 4 is 5.97 Å². The molecule has 0 saturated carbocycles. The van der Waals surface area contributed by atoms with Gasteiger partial charge in [-0.1, -0.05) is 5.21 Å². The van der Waals surface area contributed by atoms with Gasteiger partial charge in [-0.15, -0.1) is 5.10 Å². The molecule has 0 spiro atoms. The highest BCUT2D eigenvalue weighted by Crippen LogP contribution is 2.15. The minimum atomic E-state index is -0.555. The van der Waals surface area contributed by atoms with E-state index in [1.165, 1.54) is 10.9 Å². The van der Waals surface area contributed by atoms with Crippen LogP contribution in [0.4, 0.5) is 0 Å². The van der Waals surface area contributed by atoms with E-state index in [0.29, 0.717) is 0 Å². The van der Waals surface area contributed by atoms with Crippen LogP contribution in [0.5, 0.6) is 5.75 Å². The van der Waals surface area contributed by atoms with Gasteiger partial charge in [0.15, 0.2) is 5.69 Å². The van der Waals surface area contributed by atoms with Crippen molar-refractivity contribution in [3.63, 3.8) is 0 Å². The second kappa shape index (κ2) is 5.32. The van der Waals surface area contributed by atoms with E-state index in [2.05, 4.69) is 10.3 Å². The van der Waals surface area contributed by atoms with Gasteiger partial charge in [-0.3, -0.25) is 0 Å². The molecule has 0 N–H and O–H groups in total. The molecule has 0 aliphatic heterocycles. The fraction of sp³-hybridized carbons (Fsp3) is 0.357.